The van der Waals surface area contributed by atoms with Crippen molar-refractivity contribution < 1.29 is 28.9 Å². The number of ketones is 1. The van der Waals surface area contributed by atoms with Crippen LogP contribution in [0.5, 0.6) is 17.2 Å². The Morgan fingerprint density at radius 3 is 2.56 bits per heavy atom. The zero-order chi connectivity index (χ0) is 24.0. The van der Waals surface area contributed by atoms with E-state index in [1.54, 1.807) is 24.1 Å². The predicted molar refractivity (Wildman–Crippen MR) is 125 cm³/mol. The number of phenols is 1. The maximum atomic E-state index is 13.7. The molecule has 2 aromatic carbocycles. The van der Waals surface area contributed by atoms with Gasteiger partial charge in [0.05, 0.1) is 31.8 Å². The Labute approximate surface area is 202 Å². The largest absolute Gasteiger partial charge is 0.504 e. The number of alkyl halides is 1. The number of amides is 1. The first-order chi connectivity index (χ1) is 16.4. The van der Waals surface area contributed by atoms with E-state index in [0.717, 1.165) is 12.0 Å². The van der Waals surface area contributed by atoms with Crippen molar-refractivity contribution >= 4 is 23.3 Å². The Morgan fingerprint density at radius 2 is 1.85 bits per heavy atom. The second-order valence-electron chi connectivity index (χ2n) is 8.90. The van der Waals surface area contributed by atoms with Crippen LogP contribution in [-0.2, 0) is 20.9 Å². The van der Waals surface area contributed by atoms with Crippen LogP contribution in [-0.4, -0.2) is 47.4 Å². The Morgan fingerprint density at radius 1 is 1.09 bits per heavy atom. The quantitative estimate of drug-likeness (QED) is 0.644. The number of ether oxygens (including phenoxy) is 3. The Bertz CT molecular complexity index is 1160. The van der Waals surface area contributed by atoms with Crippen LogP contribution in [0.2, 0.25) is 0 Å². The van der Waals surface area contributed by atoms with E-state index in [2.05, 4.69) is 0 Å². The molecule has 0 aromatic heterocycles. The smallest absolute Gasteiger partial charge is 0.290 e. The zero-order valence-electron chi connectivity index (χ0n) is 19.0. The standard InChI is InChI=1S/C26H26ClNO6/c1-32-17-7-3-14(4-8-17)13-28-23(15-5-9-19(29)21(11-15)33-2)22-24(30)18-12-16(27)6-10-20(18)34-25(22)26(28)31/h3-5,7-9,11,16,18,20,23,29H,6,10,12-13H2,1-2H3. The first-order valence-electron chi connectivity index (χ1n) is 11.3. The summed E-state index contributed by atoms with van der Waals surface area (Å²) in [5.74, 6) is 0.322. The molecule has 1 fully saturated rings. The molecular formula is C26H26ClNO6. The molecule has 2 aliphatic heterocycles. The average Bonchev–Trinajstić information content (AvgIpc) is 3.12. The molecule has 0 radical (unpaired) electrons. The van der Waals surface area contributed by atoms with Gasteiger partial charge in [0.1, 0.15) is 11.9 Å². The molecule has 1 N–H and O–H groups in total. The van der Waals surface area contributed by atoms with Gasteiger partial charge >= 0.3 is 0 Å². The maximum absolute atomic E-state index is 13.7. The first-order valence-corrected chi connectivity index (χ1v) is 11.7. The number of nitrogens with zero attached hydrogens (tertiary/aromatic N) is 1. The van der Waals surface area contributed by atoms with Crippen molar-refractivity contribution in [1.29, 1.82) is 0 Å². The highest BCUT2D eigenvalue weighted by Gasteiger charge is 2.52. The molecule has 178 valence electrons. The highest BCUT2D eigenvalue weighted by atomic mass is 35.5. The van der Waals surface area contributed by atoms with Crippen molar-refractivity contribution in [2.24, 2.45) is 5.92 Å². The summed E-state index contributed by atoms with van der Waals surface area (Å²) >= 11 is 6.39. The van der Waals surface area contributed by atoms with E-state index in [-0.39, 0.29) is 52.9 Å². The van der Waals surface area contributed by atoms with E-state index in [1.807, 2.05) is 24.3 Å². The number of rotatable bonds is 5. The van der Waals surface area contributed by atoms with Crippen LogP contribution in [0.25, 0.3) is 0 Å². The highest BCUT2D eigenvalue weighted by Crippen LogP contribution is 2.48. The number of phenolic OH excluding ortho intramolecular Hbond substituents is 1. The third-order valence-electron chi connectivity index (χ3n) is 6.91. The van der Waals surface area contributed by atoms with Gasteiger partial charge in [-0.25, -0.2) is 0 Å². The molecule has 1 aliphatic carbocycles. The molecule has 3 aliphatic rings. The summed E-state index contributed by atoms with van der Waals surface area (Å²) in [5, 5.41) is 10.0. The summed E-state index contributed by atoms with van der Waals surface area (Å²) in [5.41, 5.74) is 1.91. The van der Waals surface area contributed by atoms with Crippen LogP contribution in [0.1, 0.15) is 36.4 Å². The monoisotopic (exact) mass is 483 g/mol. The normalized spacial score (nSPS) is 26.1. The van der Waals surface area contributed by atoms with Crippen LogP contribution in [0.4, 0.5) is 0 Å². The number of hydrogen-bond acceptors (Lipinski definition) is 6. The van der Waals surface area contributed by atoms with E-state index in [1.165, 1.54) is 13.2 Å². The van der Waals surface area contributed by atoms with Crippen molar-refractivity contribution in [3.63, 3.8) is 0 Å². The van der Waals surface area contributed by atoms with Gasteiger partial charge in [0, 0.05) is 11.9 Å². The third-order valence-corrected chi connectivity index (χ3v) is 7.31. The number of fused-ring (bicyclic) bond motifs is 1. The predicted octanol–water partition coefficient (Wildman–Crippen LogP) is 4.12. The molecule has 2 aromatic rings. The minimum Gasteiger partial charge on any atom is -0.504 e. The lowest BCUT2D eigenvalue weighted by atomic mass is 9.77. The number of benzene rings is 2. The van der Waals surface area contributed by atoms with Crippen LogP contribution in [0.15, 0.2) is 53.8 Å². The Kier molecular flexibility index (Phi) is 5.90. The molecular weight excluding hydrogens is 458 g/mol. The Balaban J connectivity index is 1.57. The third kappa shape index (κ3) is 3.78. The van der Waals surface area contributed by atoms with Gasteiger partial charge < -0.3 is 24.2 Å². The van der Waals surface area contributed by atoms with Crippen molar-refractivity contribution in [2.45, 2.75) is 43.3 Å². The number of methoxy groups -OCH3 is 2. The van der Waals surface area contributed by atoms with Crippen LogP contribution < -0.4 is 9.47 Å². The van der Waals surface area contributed by atoms with Gasteiger partial charge in [-0.15, -0.1) is 11.6 Å². The molecule has 8 heteroatoms. The lowest BCUT2D eigenvalue weighted by Crippen LogP contribution is -2.41. The summed E-state index contributed by atoms with van der Waals surface area (Å²) in [6.07, 6.45) is 1.59. The number of halogens is 1. The summed E-state index contributed by atoms with van der Waals surface area (Å²) in [7, 11) is 3.06. The van der Waals surface area contributed by atoms with E-state index < -0.39 is 6.04 Å². The molecule has 4 atom stereocenters. The minimum absolute atomic E-state index is 0.0185. The van der Waals surface area contributed by atoms with Gasteiger partial charge in [-0.2, -0.15) is 0 Å². The number of carbonyl (C=O) groups is 2. The lowest BCUT2D eigenvalue weighted by molar-refractivity contribution is -0.135. The molecule has 1 amide bonds. The summed E-state index contributed by atoms with van der Waals surface area (Å²) in [6.45, 7) is 0.272. The summed E-state index contributed by atoms with van der Waals surface area (Å²) < 4.78 is 16.7. The van der Waals surface area contributed by atoms with Crippen LogP contribution in [0, 0.1) is 5.92 Å². The maximum Gasteiger partial charge on any atom is 0.290 e. The number of aromatic hydroxyl groups is 1. The highest BCUT2D eigenvalue weighted by molar-refractivity contribution is 6.21. The molecule has 5 rings (SSSR count). The van der Waals surface area contributed by atoms with Crippen molar-refractivity contribution in [2.75, 3.05) is 14.2 Å². The van der Waals surface area contributed by atoms with Crippen molar-refractivity contribution in [1.82, 2.24) is 4.90 Å². The Hall–Kier alpha value is -3.19. The SMILES string of the molecule is COc1ccc(CN2C(=O)C3=C(C(=O)C4CC(Cl)CCC4O3)C2c2ccc(O)c(OC)c2)cc1. The molecule has 4 unspecified atom stereocenters. The van der Waals surface area contributed by atoms with Crippen LogP contribution in [0.3, 0.4) is 0 Å². The van der Waals surface area contributed by atoms with Gasteiger partial charge in [-0.3, -0.25) is 9.59 Å². The van der Waals surface area contributed by atoms with Gasteiger partial charge in [-0.1, -0.05) is 18.2 Å². The number of Topliss-reactive ketones (excluding diaryl/α,β-unsaturated/α-hetero) is 1. The summed E-state index contributed by atoms with van der Waals surface area (Å²) in [6, 6.07) is 11.7. The lowest BCUT2D eigenvalue weighted by Gasteiger charge is -2.37. The molecule has 0 spiro atoms. The molecule has 1 saturated carbocycles. The van der Waals surface area contributed by atoms with Crippen molar-refractivity contribution in [3.8, 4) is 17.2 Å². The molecule has 2 heterocycles. The van der Waals surface area contributed by atoms with Gasteiger partial charge in [0.25, 0.3) is 5.91 Å². The van der Waals surface area contributed by atoms with E-state index in [9.17, 15) is 14.7 Å². The van der Waals surface area contributed by atoms with Gasteiger partial charge in [0.2, 0.25) is 0 Å². The number of hydrogen-bond donors (Lipinski definition) is 1. The second-order valence-corrected chi connectivity index (χ2v) is 9.51. The van der Waals surface area contributed by atoms with E-state index in [0.29, 0.717) is 29.7 Å². The van der Waals surface area contributed by atoms with Gasteiger partial charge in [0.15, 0.2) is 23.0 Å². The summed E-state index contributed by atoms with van der Waals surface area (Å²) in [4.78, 5) is 29.0. The van der Waals surface area contributed by atoms with Crippen LogP contribution >= 0.6 is 11.6 Å². The van der Waals surface area contributed by atoms with E-state index in [4.69, 9.17) is 25.8 Å². The fourth-order valence-corrected chi connectivity index (χ4v) is 5.48. The molecule has 0 bridgehead atoms. The van der Waals surface area contributed by atoms with Gasteiger partial charge in [-0.05, 0) is 54.7 Å². The average molecular weight is 484 g/mol. The first kappa shape index (κ1) is 22.6. The zero-order valence-corrected chi connectivity index (χ0v) is 19.7. The minimum atomic E-state index is -0.664. The molecule has 34 heavy (non-hydrogen) atoms. The molecule has 0 saturated heterocycles. The fraction of sp³-hybridized carbons (Fsp3) is 0.385. The van der Waals surface area contributed by atoms with Crippen molar-refractivity contribution in [3.05, 3.63) is 64.9 Å². The number of carbonyl (C=O) groups excluding carboxylic acids is 2. The second kappa shape index (κ2) is 8.87. The van der Waals surface area contributed by atoms with E-state index >= 15 is 0 Å². The molecule has 7 nitrogen and oxygen atoms in total. The fourth-order valence-electron chi connectivity index (χ4n) is 5.16. The topological polar surface area (TPSA) is 85.3 Å².